The molecule has 0 fully saturated rings. The van der Waals surface area contributed by atoms with E-state index in [0.717, 1.165) is 17.7 Å². The van der Waals surface area contributed by atoms with Crippen molar-refractivity contribution in [3.05, 3.63) is 23.8 Å². The van der Waals surface area contributed by atoms with Gasteiger partial charge in [0.15, 0.2) is 11.5 Å². The van der Waals surface area contributed by atoms with Crippen molar-refractivity contribution in [3.63, 3.8) is 0 Å². The second-order valence-corrected chi connectivity index (χ2v) is 3.26. The zero-order valence-electron chi connectivity index (χ0n) is 12.2. The average molecular weight is 252 g/mol. The first-order chi connectivity index (χ1) is 8.76. The summed E-state index contributed by atoms with van der Waals surface area (Å²) in [6.45, 7) is 6.09. The molecular weight excluding hydrogens is 228 g/mol. The first-order valence-electron chi connectivity index (χ1n) is 6.23. The Morgan fingerprint density at radius 1 is 0.889 bits per heavy atom. The van der Waals surface area contributed by atoms with Crippen molar-refractivity contribution in [1.29, 1.82) is 0 Å². The summed E-state index contributed by atoms with van der Waals surface area (Å²) >= 11 is 0. The molecule has 0 bridgehead atoms. The lowest BCUT2D eigenvalue weighted by atomic mass is 10.1. The Morgan fingerprint density at radius 3 is 1.83 bits per heavy atom. The van der Waals surface area contributed by atoms with Gasteiger partial charge in [-0.2, -0.15) is 0 Å². The third-order valence-corrected chi connectivity index (χ3v) is 2.27. The molecule has 0 aliphatic heterocycles. The Morgan fingerprint density at radius 2 is 1.39 bits per heavy atom. The van der Waals surface area contributed by atoms with Gasteiger partial charge in [0.05, 0.1) is 21.3 Å². The fraction of sp³-hybridized carbons (Fsp3) is 0.467. The van der Waals surface area contributed by atoms with Crippen LogP contribution in [0.1, 0.15) is 32.8 Å². The highest BCUT2D eigenvalue weighted by molar-refractivity contribution is 5.63. The molecule has 0 aliphatic carbocycles. The second-order valence-electron chi connectivity index (χ2n) is 3.26. The molecule has 0 radical (unpaired) electrons. The molecule has 0 heterocycles. The van der Waals surface area contributed by atoms with Gasteiger partial charge in [-0.15, -0.1) is 0 Å². The van der Waals surface area contributed by atoms with E-state index in [0.29, 0.717) is 11.5 Å². The van der Waals surface area contributed by atoms with Crippen molar-refractivity contribution in [3.8, 4) is 17.2 Å². The number of allylic oxidation sites excluding steroid dienone is 1. The van der Waals surface area contributed by atoms with Crippen LogP contribution in [0, 0.1) is 0 Å². The van der Waals surface area contributed by atoms with Crippen LogP contribution in [-0.2, 0) is 0 Å². The summed E-state index contributed by atoms with van der Waals surface area (Å²) in [4.78, 5) is 0. The molecule has 0 saturated carbocycles. The summed E-state index contributed by atoms with van der Waals surface area (Å²) in [5, 5.41) is 0. The van der Waals surface area contributed by atoms with Gasteiger partial charge >= 0.3 is 0 Å². The van der Waals surface area contributed by atoms with Crippen molar-refractivity contribution in [2.75, 3.05) is 21.3 Å². The maximum absolute atomic E-state index is 5.30. The average Bonchev–Trinajstić information content (AvgIpc) is 2.46. The van der Waals surface area contributed by atoms with E-state index < -0.39 is 0 Å². The van der Waals surface area contributed by atoms with Crippen LogP contribution in [0.25, 0.3) is 6.08 Å². The monoisotopic (exact) mass is 252 g/mol. The highest BCUT2D eigenvalue weighted by Crippen LogP contribution is 2.35. The Hall–Kier alpha value is -1.64. The van der Waals surface area contributed by atoms with E-state index >= 15 is 0 Å². The minimum Gasteiger partial charge on any atom is -0.496 e. The lowest BCUT2D eigenvalue weighted by Crippen LogP contribution is -1.94. The van der Waals surface area contributed by atoms with Crippen molar-refractivity contribution in [2.24, 2.45) is 0 Å². The number of methoxy groups -OCH3 is 3. The number of hydrogen-bond acceptors (Lipinski definition) is 3. The fourth-order valence-corrected chi connectivity index (χ4v) is 1.43. The number of rotatable bonds is 5. The van der Waals surface area contributed by atoms with E-state index in [1.54, 1.807) is 21.3 Å². The molecule has 0 saturated heterocycles. The van der Waals surface area contributed by atoms with E-state index in [1.807, 2.05) is 32.1 Å². The molecule has 0 amide bonds. The lowest BCUT2D eigenvalue weighted by molar-refractivity contribution is 0.348. The maximum atomic E-state index is 5.30. The van der Waals surface area contributed by atoms with Gasteiger partial charge in [-0.3, -0.25) is 0 Å². The summed E-state index contributed by atoms with van der Waals surface area (Å²) in [6.07, 6.45) is 5.07. The Labute approximate surface area is 110 Å². The van der Waals surface area contributed by atoms with Gasteiger partial charge in [0.2, 0.25) is 0 Å². The molecule has 0 unspecified atom stereocenters. The number of benzene rings is 1. The predicted octanol–water partition coefficient (Wildman–Crippen LogP) is 4.16. The largest absolute Gasteiger partial charge is 0.496 e. The Kier molecular flexibility index (Phi) is 8.54. The van der Waals surface area contributed by atoms with E-state index in [2.05, 4.69) is 13.0 Å². The standard InChI is InChI=1S/C13H18O3.C2H6/c1-5-6-7-10-8-12(15-3)13(16-4)9-11(10)14-2;1-2/h6-9H,5H2,1-4H3;1-2H3/b7-6+;. The number of hydrogen-bond donors (Lipinski definition) is 0. The van der Waals surface area contributed by atoms with Gasteiger partial charge in [0.1, 0.15) is 5.75 Å². The third kappa shape index (κ3) is 4.32. The van der Waals surface area contributed by atoms with Gasteiger partial charge in [-0.05, 0) is 12.5 Å². The zero-order chi connectivity index (χ0) is 14.0. The van der Waals surface area contributed by atoms with Gasteiger partial charge in [0, 0.05) is 11.6 Å². The predicted molar refractivity (Wildman–Crippen MR) is 76.8 cm³/mol. The quantitative estimate of drug-likeness (QED) is 0.787. The Balaban J connectivity index is 0.00000137. The molecule has 3 nitrogen and oxygen atoms in total. The molecule has 0 aromatic heterocycles. The first kappa shape index (κ1) is 16.4. The highest BCUT2D eigenvalue weighted by Gasteiger charge is 2.09. The molecule has 0 aliphatic rings. The van der Waals surface area contributed by atoms with Gasteiger partial charge < -0.3 is 14.2 Å². The van der Waals surface area contributed by atoms with Crippen LogP contribution in [0.3, 0.4) is 0 Å². The summed E-state index contributed by atoms with van der Waals surface area (Å²) in [5.41, 5.74) is 0.988. The van der Waals surface area contributed by atoms with E-state index in [4.69, 9.17) is 14.2 Å². The van der Waals surface area contributed by atoms with E-state index in [-0.39, 0.29) is 0 Å². The maximum Gasteiger partial charge on any atom is 0.164 e. The van der Waals surface area contributed by atoms with Gasteiger partial charge in [-0.1, -0.05) is 32.9 Å². The van der Waals surface area contributed by atoms with E-state index in [9.17, 15) is 0 Å². The van der Waals surface area contributed by atoms with Crippen LogP contribution in [0.5, 0.6) is 17.2 Å². The molecular formula is C15H24O3. The van der Waals surface area contributed by atoms with Crippen LogP contribution in [0.15, 0.2) is 18.2 Å². The van der Waals surface area contributed by atoms with Crippen LogP contribution >= 0.6 is 0 Å². The minimum absolute atomic E-state index is 0.674. The molecule has 102 valence electrons. The highest BCUT2D eigenvalue weighted by atomic mass is 16.5. The topological polar surface area (TPSA) is 27.7 Å². The molecule has 18 heavy (non-hydrogen) atoms. The van der Waals surface area contributed by atoms with Gasteiger partial charge in [0.25, 0.3) is 0 Å². The molecule has 0 N–H and O–H groups in total. The molecule has 0 atom stereocenters. The van der Waals surface area contributed by atoms with Crippen LogP contribution in [0.4, 0.5) is 0 Å². The number of ether oxygens (including phenoxy) is 3. The molecule has 3 heteroatoms. The first-order valence-corrected chi connectivity index (χ1v) is 6.23. The van der Waals surface area contributed by atoms with Crippen molar-refractivity contribution in [1.82, 2.24) is 0 Å². The van der Waals surface area contributed by atoms with Crippen molar-refractivity contribution in [2.45, 2.75) is 27.2 Å². The molecule has 1 rings (SSSR count). The van der Waals surface area contributed by atoms with Crippen LogP contribution < -0.4 is 14.2 Å². The van der Waals surface area contributed by atoms with Crippen molar-refractivity contribution >= 4 is 6.08 Å². The zero-order valence-corrected chi connectivity index (χ0v) is 12.2. The van der Waals surface area contributed by atoms with E-state index in [1.165, 1.54) is 0 Å². The van der Waals surface area contributed by atoms with Crippen LogP contribution in [0.2, 0.25) is 0 Å². The smallest absolute Gasteiger partial charge is 0.164 e. The van der Waals surface area contributed by atoms with Crippen molar-refractivity contribution < 1.29 is 14.2 Å². The lowest BCUT2D eigenvalue weighted by Gasteiger charge is -2.12. The SMILES string of the molecule is CC.CC/C=C/c1cc(OC)c(OC)cc1OC. The van der Waals surface area contributed by atoms with Gasteiger partial charge in [-0.25, -0.2) is 0 Å². The molecule has 0 spiro atoms. The minimum atomic E-state index is 0.674. The summed E-state index contributed by atoms with van der Waals surface area (Å²) in [5.74, 6) is 2.16. The third-order valence-electron chi connectivity index (χ3n) is 2.27. The molecule has 1 aromatic rings. The fourth-order valence-electron chi connectivity index (χ4n) is 1.43. The summed E-state index contributed by atoms with van der Waals surface area (Å²) < 4.78 is 15.7. The summed E-state index contributed by atoms with van der Waals surface area (Å²) in [6, 6.07) is 3.73. The van der Waals surface area contributed by atoms with Crippen LogP contribution in [-0.4, -0.2) is 21.3 Å². The molecule has 1 aromatic carbocycles. The summed E-state index contributed by atoms with van der Waals surface area (Å²) in [7, 11) is 4.88. The Bertz CT molecular complexity index is 370. The normalized spacial score (nSPS) is 9.67. The second kappa shape index (κ2) is 9.40.